The number of phenolic OH excluding ortho intramolecular Hbond substituents is 2. The molecule has 1 aliphatic rings. The molecule has 1 heterocycles. The van der Waals surface area contributed by atoms with Crippen molar-refractivity contribution in [1.29, 1.82) is 0 Å². The average molecular weight is 250 g/mol. The Hall–Kier alpha value is -1.26. The predicted molar refractivity (Wildman–Crippen MR) is 71.5 cm³/mol. The quantitative estimate of drug-likeness (QED) is 0.716. The van der Waals surface area contributed by atoms with Crippen LogP contribution >= 0.6 is 0 Å². The predicted octanol–water partition coefficient (Wildman–Crippen LogP) is 1.83. The van der Waals surface area contributed by atoms with E-state index in [4.69, 9.17) is 5.73 Å². The van der Waals surface area contributed by atoms with Crippen molar-refractivity contribution in [2.24, 2.45) is 11.7 Å². The summed E-state index contributed by atoms with van der Waals surface area (Å²) < 4.78 is 0. The number of nitrogens with zero attached hydrogens (tertiary/aromatic N) is 1. The van der Waals surface area contributed by atoms with E-state index in [0.29, 0.717) is 6.54 Å². The second-order valence-corrected chi connectivity index (χ2v) is 5.22. The Balaban J connectivity index is 2.14. The summed E-state index contributed by atoms with van der Waals surface area (Å²) in [5, 5.41) is 18.9. The Morgan fingerprint density at radius 2 is 1.94 bits per heavy atom. The molecule has 1 atom stereocenters. The van der Waals surface area contributed by atoms with E-state index in [-0.39, 0.29) is 17.5 Å². The van der Waals surface area contributed by atoms with E-state index in [2.05, 4.69) is 11.8 Å². The highest BCUT2D eigenvalue weighted by atomic mass is 16.3. The van der Waals surface area contributed by atoms with E-state index >= 15 is 0 Å². The summed E-state index contributed by atoms with van der Waals surface area (Å²) in [5.41, 5.74) is 6.85. The van der Waals surface area contributed by atoms with Crippen molar-refractivity contribution < 1.29 is 10.2 Å². The van der Waals surface area contributed by atoms with Gasteiger partial charge in [-0.2, -0.15) is 0 Å². The summed E-state index contributed by atoms with van der Waals surface area (Å²) in [6, 6.07) is 5.11. The van der Waals surface area contributed by atoms with Crippen LogP contribution in [0.25, 0.3) is 0 Å². The van der Waals surface area contributed by atoms with Crippen LogP contribution in [0.5, 0.6) is 11.5 Å². The number of hydrogen-bond donors (Lipinski definition) is 3. The van der Waals surface area contributed by atoms with Crippen LogP contribution in [0.4, 0.5) is 0 Å². The van der Waals surface area contributed by atoms with E-state index in [1.54, 1.807) is 6.07 Å². The Kier molecular flexibility index (Phi) is 4.09. The minimum atomic E-state index is -0.0817. The highest BCUT2D eigenvalue weighted by Gasteiger charge is 2.24. The van der Waals surface area contributed by atoms with Crippen molar-refractivity contribution in [3.63, 3.8) is 0 Å². The Labute approximate surface area is 108 Å². The monoisotopic (exact) mass is 250 g/mol. The molecule has 1 aromatic carbocycles. The van der Waals surface area contributed by atoms with Crippen molar-refractivity contribution >= 4 is 0 Å². The molecule has 0 bridgehead atoms. The van der Waals surface area contributed by atoms with Crippen LogP contribution in [0.1, 0.15) is 31.4 Å². The van der Waals surface area contributed by atoms with Gasteiger partial charge >= 0.3 is 0 Å². The second kappa shape index (κ2) is 5.59. The Morgan fingerprint density at radius 3 is 2.50 bits per heavy atom. The fourth-order valence-electron chi connectivity index (χ4n) is 2.58. The van der Waals surface area contributed by atoms with E-state index in [0.717, 1.165) is 24.6 Å². The molecule has 4 N–H and O–H groups in total. The lowest BCUT2D eigenvalue weighted by molar-refractivity contribution is 0.141. The zero-order valence-corrected chi connectivity index (χ0v) is 10.8. The highest BCUT2D eigenvalue weighted by molar-refractivity contribution is 5.41. The van der Waals surface area contributed by atoms with Crippen molar-refractivity contribution in [1.82, 2.24) is 4.90 Å². The van der Waals surface area contributed by atoms with Gasteiger partial charge in [-0.25, -0.2) is 0 Å². The molecule has 100 valence electrons. The maximum Gasteiger partial charge on any atom is 0.157 e. The first-order valence-electron chi connectivity index (χ1n) is 6.57. The van der Waals surface area contributed by atoms with E-state index < -0.39 is 0 Å². The van der Waals surface area contributed by atoms with Crippen LogP contribution in [0.15, 0.2) is 18.2 Å². The average Bonchev–Trinajstić information content (AvgIpc) is 2.37. The molecule has 0 aliphatic carbocycles. The zero-order chi connectivity index (χ0) is 13.1. The Morgan fingerprint density at radius 1 is 1.28 bits per heavy atom. The number of benzene rings is 1. The Bertz CT molecular complexity index is 401. The third-order valence-electron chi connectivity index (χ3n) is 3.87. The van der Waals surface area contributed by atoms with Crippen LogP contribution in [-0.2, 0) is 0 Å². The van der Waals surface area contributed by atoms with Gasteiger partial charge < -0.3 is 15.9 Å². The van der Waals surface area contributed by atoms with Gasteiger partial charge in [0.25, 0.3) is 0 Å². The van der Waals surface area contributed by atoms with Gasteiger partial charge in [0.1, 0.15) is 0 Å². The molecule has 4 nitrogen and oxygen atoms in total. The van der Waals surface area contributed by atoms with Crippen molar-refractivity contribution in [3.8, 4) is 11.5 Å². The number of phenols is 2. The number of hydrogen-bond acceptors (Lipinski definition) is 4. The van der Waals surface area contributed by atoms with Gasteiger partial charge in [-0.3, -0.25) is 4.90 Å². The number of rotatable bonds is 3. The second-order valence-electron chi connectivity index (χ2n) is 5.22. The van der Waals surface area contributed by atoms with Gasteiger partial charge in [0.2, 0.25) is 0 Å². The summed E-state index contributed by atoms with van der Waals surface area (Å²) in [6.45, 7) is 4.90. The standard InChI is InChI=1S/C14H22N2O2/c1-10-4-6-16(7-5-10)12(9-15)11-2-3-13(17)14(18)8-11/h2-3,8,10,12,17-18H,4-7,9,15H2,1H3. The number of aromatic hydroxyl groups is 2. The summed E-state index contributed by atoms with van der Waals surface area (Å²) in [4.78, 5) is 2.37. The van der Waals surface area contributed by atoms with Gasteiger partial charge in [-0.05, 0) is 49.5 Å². The normalized spacial score (nSPS) is 19.9. The fourth-order valence-corrected chi connectivity index (χ4v) is 2.58. The fraction of sp³-hybridized carbons (Fsp3) is 0.571. The maximum atomic E-state index is 9.58. The molecule has 18 heavy (non-hydrogen) atoms. The van der Waals surface area contributed by atoms with Gasteiger partial charge in [-0.1, -0.05) is 13.0 Å². The molecule has 0 radical (unpaired) electrons. The highest BCUT2D eigenvalue weighted by Crippen LogP contribution is 2.31. The third kappa shape index (κ3) is 2.76. The molecule has 1 unspecified atom stereocenters. The van der Waals surface area contributed by atoms with Crippen molar-refractivity contribution in [2.45, 2.75) is 25.8 Å². The van der Waals surface area contributed by atoms with Crippen molar-refractivity contribution in [3.05, 3.63) is 23.8 Å². The molecule has 2 rings (SSSR count). The smallest absolute Gasteiger partial charge is 0.157 e. The summed E-state index contributed by atoms with van der Waals surface area (Å²) >= 11 is 0. The van der Waals surface area contributed by atoms with Crippen LogP contribution in [0.2, 0.25) is 0 Å². The molecule has 0 saturated carbocycles. The van der Waals surface area contributed by atoms with E-state index in [1.165, 1.54) is 18.9 Å². The van der Waals surface area contributed by atoms with Gasteiger partial charge in [0, 0.05) is 12.6 Å². The SMILES string of the molecule is CC1CCN(C(CN)c2ccc(O)c(O)c2)CC1. The van der Waals surface area contributed by atoms with Crippen molar-refractivity contribution in [2.75, 3.05) is 19.6 Å². The summed E-state index contributed by atoms with van der Waals surface area (Å²) in [6.07, 6.45) is 2.39. The van der Waals surface area contributed by atoms with Crippen LogP contribution in [0.3, 0.4) is 0 Å². The first-order chi connectivity index (χ1) is 8.61. The lowest BCUT2D eigenvalue weighted by atomic mass is 9.95. The molecular weight excluding hydrogens is 228 g/mol. The van der Waals surface area contributed by atoms with Gasteiger partial charge in [-0.15, -0.1) is 0 Å². The number of nitrogens with two attached hydrogens (primary N) is 1. The molecule has 4 heteroatoms. The molecule has 1 aliphatic heterocycles. The molecule has 1 fully saturated rings. The third-order valence-corrected chi connectivity index (χ3v) is 3.87. The maximum absolute atomic E-state index is 9.58. The summed E-state index contributed by atoms with van der Waals surface area (Å²) in [5.74, 6) is 0.631. The molecular formula is C14H22N2O2. The minimum absolute atomic E-state index is 0.0728. The van der Waals surface area contributed by atoms with E-state index in [1.807, 2.05) is 6.07 Å². The van der Waals surface area contributed by atoms with Crippen LogP contribution < -0.4 is 5.73 Å². The first kappa shape index (κ1) is 13.2. The largest absolute Gasteiger partial charge is 0.504 e. The topological polar surface area (TPSA) is 69.7 Å². The molecule has 1 saturated heterocycles. The van der Waals surface area contributed by atoms with Gasteiger partial charge in [0.15, 0.2) is 11.5 Å². The number of piperidine rings is 1. The zero-order valence-electron chi connectivity index (χ0n) is 10.8. The lowest BCUT2D eigenvalue weighted by Crippen LogP contribution is -2.39. The lowest BCUT2D eigenvalue weighted by Gasteiger charge is -2.36. The molecule has 0 amide bonds. The minimum Gasteiger partial charge on any atom is -0.504 e. The summed E-state index contributed by atoms with van der Waals surface area (Å²) in [7, 11) is 0. The van der Waals surface area contributed by atoms with Crippen LogP contribution in [-0.4, -0.2) is 34.7 Å². The molecule has 1 aromatic rings. The molecule has 0 spiro atoms. The molecule has 0 aromatic heterocycles. The van der Waals surface area contributed by atoms with E-state index in [9.17, 15) is 10.2 Å². The van der Waals surface area contributed by atoms with Gasteiger partial charge in [0.05, 0.1) is 0 Å². The number of likely N-dealkylation sites (tertiary alicyclic amines) is 1. The van der Waals surface area contributed by atoms with Crippen LogP contribution in [0, 0.1) is 5.92 Å². The first-order valence-corrected chi connectivity index (χ1v) is 6.57.